The predicted octanol–water partition coefficient (Wildman–Crippen LogP) is 3.16. The first-order valence-electron chi connectivity index (χ1n) is 7.35. The molecular formula is C17H18ClNO5S. The Hall–Kier alpha value is -2.25. The van der Waals surface area contributed by atoms with Crippen LogP contribution in [-0.2, 0) is 14.6 Å². The summed E-state index contributed by atoms with van der Waals surface area (Å²) in [4.78, 5) is 12.2. The van der Waals surface area contributed by atoms with Gasteiger partial charge in [-0.2, -0.15) is 0 Å². The van der Waals surface area contributed by atoms with Crippen LogP contribution in [0.5, 0.6) is 11.5 Å². The van der Waals surface area contributed by atoms with Gasteiger partial charge < -0.3 is 14.8 Å². The summed E-state index contributed by atoms with van der Waals surface area (Å²) in [7, 11) is -0.561. The number of methoxy groups -OCH3 is 2. The van der Waals surface area contributed by atoms with Crippen LogP contribution in [0.1, 0.15) is 6.42 Å². The maximum absolute atomic E-state index is 12.2. The van der Waals surface area contributed by atoms with Gasteiger partial charge in [0.15, 0.2) is 9.84 Å². The van der Waals surface area contributed by atoms with Crippen molar-refractivity contribution in [2.75, 3.05) is 25.3 Å². The van der Waals surface area contributed by atoms with Crippen molar-refractivity contribution in [2.24, 2.45) is 0 Å². The molecule has 25 heavy (non-hydrogen) atoms. The number of halogens is 1. The van der Waals surface area contributed by atoms with Crippen LogP contribution < -0.4 is 14.8 Å². The summed E-state index contributed by atoms with van der Waals surface area (Å²) in [5, 5.41) is 3.09. The summed E-state index contributed by atoms with van der Waals surface area (Å²) in [5.74, 6) is 0.307. The second-order valence-corrected chi connectivity index (χ2v) is 7.72. The lowest BCUT2D eigenvalue weighted by atomic mass is 10.2. The monoisotopic (exact) mass is 383 g/mol. The Morgan fingerprint density at radius 1 is 1.04 bits per heavy atom. The summed E-state index contributed by atoms with van der Waals surface area (Å²) in [6.45, 7) is 0. The van der Waals surface area contributed by atoms with Crippen LogP contribution in [0.3, 0.4) is 0 Å². The molecule has 0 unspecified atom stereocenters. The first kappa shape index (κ1) is 19.1. The van der Waals surface area contributed by atoms with Gasteiger partial charge in [0.1, 0.15) is 11.5 Å². The minimum absolute atomic E-state index is 0.132. The maximum Gasteiger partial charge on any atom is 0.225 e. The van der Waals surface area contributed by atoms with Crippen molar-refractivity contribution in [2.45, 2.75) is 11.3 Å². The van der Waals surface area contributed by atoms with Crippen molar-refractivity contribution in [3.05, 3.63) is 47.5 Å². The zero-order valence-electron chi connectivity index (χ0n) is 13.8. The molecule has 0 aliphatic heterocycles. The van der Waals surface area contributed by atoms with Crippen molar-refractivity contribution in [1.82, 2.24) is 0 Å². The number of anilines is 1. The molecule has 8 heteroatoms. The number of amides is 1. The molecule has 0 aromatic heterocycles. The van der Waals surface area contributed by atoms with Crippen molar-refractivity contribution >= 4 is 33.0 Å². The lowest BCUT2D eigenvalue weighted by Crippen LogP contribution is -2.17. The largest absolute Gasteiger partial charge is 0.497 e. The smallest absolute Gasteiger partial charge is 0.225 e. The summed E-state index contributed by atoms with van der Waals surface area (Å²) in [6, 6.07) is 10.7. The van der Waals surface area contributed by atoms with Crippen LogP contribution in [0, 0.1) is 0 Å². The van der Waals surface area contributed by atoms with E-state index < -0.39 is 15.7 Å². The van der Waals surface area contributed by atoms with E-state index in [1.54, 1.807) is 18.2 Å². The molecule has 2 rings (SSSR count). The third kappa shape index (κ3) is 5.37. The molecule has 0 heterocycles. The second-order valence-electron chi connectivity index (χ2n) is 5.17. The lowest BCUT2D eigenvalue weighted by Gasteiger charge is -2.10. The number of hydrogen-bond acceptors (Lipinski definition) is 5. The third-order valence-corrected chi connectivity index (χ3v) is 5.39. The zero-order valence-corrected chi connectivity index (χ0v) is 15.4. The van der Waals surface area contributed by atoms with E-state index >= 15 is 0 Å². The van der Waals surface area contributed by atoms with Crippen LogP contribution in [0.2, 0.25) is 5.02 Å². The quantitative estimate of drug-likeness (QED) is 0.794. The van der Waals surface area contributed by atoms with Gasteiger partial charge in [-0.1, -0.05) is 11.6 Å². The fraction of sp³-hybridized carbons (Fsp3) is 0.235. The van der Waals surface area contributed by atoms with Gasteiger partial charge in [-0.05, 0) is 24.3 Å². The number of carbonyl (C=O) groups is 1. The van der Waals surface area contributed by atoms with Gasteiger partial charge in [-0.15, -0.1) is 0 Å². The molecule has 0 aliphatic carbocycles. The first-order valence-corrected chi connectivity index (χ1v) is 9.38. The van der Waals surface area contributed by atoms with Gasteiger partial charge in [0.25, 0.3) is 0 Å². The molecule has 0 radical (unpaired) electrons. The Labute approximate surface area is 151 Å². The highest BCUT2D eigenvalue weighted by Gasteiger charge is 2.17. The molecule has 0 spiro atoms. The Morgan fingerprint density at radius 2 is 1.60 bits per heavy atom. The fourth-order valence-electron chi connectivity index (χ4n) is 2.09. The average Bonchev–Trinajstić information content (AvgIpc) is 2.60. The van der Waals surface area contributed by atoms with Crippen molar-refractivity contribution in [3.63, 3.8) is 0 Å². The summed E-state index contributed by atoms with van der Waals surface area (Å²) in [5.41, 5.74) is 0.463. The average molecular weight is 384 g/mol. The summed E-state index contributed by atoms with van der Waals surface area (Å²) < 4.78 is 34.7. The van der Waals surface area contributed by atoms with Crippen LogP contribution >= 0.6 is 11.6 Å². The van der Waals surface area contributed by atoms with Gasteiger partial charge in [-0.3, -0.25) is 4.79 Å². The predicted molar refractivity (Wildman–Crippen MR) is 96.3 cm³/mol. The zero-order chi connectivity index (χ0) is 18.4. The molecule has 134 valence electrons. The SMILES string of the molecule is COc1cc(NC(=O)CCS(=O)(=O)c2ccc(Cl)cc2)cc(OC)c1. The second kappa shape index (κ2) is 8.22. The molecule has 0 saturated heterocycles. The molecule has 0 aliphatic rings. The van der Waals surface area contributed by atoms with E-state index in [0.717, 1.165) is 0 Å². The first-order chi connectivity index (χ1) is 11.8. The molecule has 0 atom stereocenters. The molecule has 0 saturated carbocycles. The van der Waals surface area contributed by atoms with Gasteiger partial charge in [0.05, 0.1) is 24.9 Å². The Kier molecular flexibility index (Phi) is 6.27. The van der Waals surface area contributed by atoms with Crippen LogP contribution in [0.25, 0.3) is 0 Å². The molecular weight excluding hydrogens is 366 g/mol. The highest BCUT2D eigenvalue weighted by Crippen LogP contribution is 2.26. The number of hydrogen-bond donors (Lipinski definition) is 1. The number of nitrogens with one attached hydrogen (secondary N) is 1. The molecule has 2 aromatic carbocycles. The normalized spacial score (nSPS) is 11.0. The van der Waals surface area contributed by atoms with Gasteiger partial charge in [-0.25, -0.2) is 8.42 Å². The van der Waals surface area contributed by atoms with Gasteiger partial charge in [0.2, 0.25) is 5.91 Å². The number of carbonyl (C=O) groups excluding carboxylic acids is 1. The van der Waals surface area contributed by atoms with E-state index in [1.165, 1.54) is 38.5 Å². The van der Waals surface area contributed by atoms with E-state index in [0.29, 0.717) is 22.2 Å². The summed E-state index contributed by atoms with van der Waals surface area (Å²) >= 11 is 5.75. The molecule has 1 N–H and O–H groups in total. The van der Waals surface area contributed by atoms with Crippen molar-refractivity contribution < 1.29 is 22.7 Å². The highest BCUT2D eigenvalue weighted by molar-refractivity contribution is 7.91. The van der Waals surface area contributed by atoms with Crippen LogP contribution in [0.4, 0.5) is 5.69 Å². The number of ether oxygens (including phenoxy) is 2. The van der Waals surface area contributed by atoms with E-state index in [9.17, 15) is 13.2 Å². The Morgan fingerprint density at radius 3 is 2.12 bits per heavy atom. The lowest BCUT2D eigenvalue weighted by molar-refractivity contribution is -0.115. The molecule has 6 nitrogen and oxygen atoms in total. The van der Waals surface area contributed by atoms with E-state index in [1.807, 2.05) is 0 Å². The van der Waals surface area contributed by atoms with E-state index in [2.05, 4.69) is 5.32 Å². The van der Waals surface area contributed by atoms with Crippen molar-refractivity contribution in [1.29, 1.82) is 0 Å². The topological polar surface area (TPSA) is 81.7 Å². The number of sulfone groups is 1. The number of benzene rings is 2. The fourth-order valence-corrected chi connectivity index (χ4v) is 3.46. The molecule has 1 amide bonds. The van der Waals surface area contributed by atoms with Crippen molar-refractivity contribution in [3.8, 4) is 11.5 Å². The van der Waals surface area contributed by atoms with E-state index in [-0.39, 0.29) is 17.1 Å². The third-order valence-electron chi connectivity index (χ3n) is 3.41. The maximum atomic E-state index is 12.2. The molecule has 0 fully saturated rings. The number of rotatable bonds is 7. The minimum atomic E-state index is -3.56. The minimum Gasteiger partial charge on any atom is -0.497 e. The Balaban J connectivity index is 2.02. The molecule has 2 aromatic rings. The summed E-state index contributed by atoms with van der Waals surface area (Å²) in [6.07, 6.45) is -0.176. The van der Waals surface area contributed by atoms with Gasteiger partial charge >= 0.3 is 0 Å². The Bertz CT molecular complexity index is 828. The molecule has 0 bridgehead atoms. The van der Waals surface area contributed by atoms with Crippen LogP contribution in [0.15, 0.2) is 47.4 Å². The van der Waals surface area contributed by atoms with Gasteiger partial charge in [0, 0.05) is 35.3 Å². The van der Waals surface area contributed by atoms with E-state index in [4.69, 9.17) is 21.1 Å². The standard InChI is InChI=1S/C17H18ClNO5S/c1-23-14-9-13(10-15(11-14)24-2)19-17(20)7-8-25(21,22)16-5-3-12(18)4-6-16/h3-6,9-11H,7-8H2,1-2H3,(H,19,20). The highest BCUT2D eigenvalue weighted by atomic mass is 35.5. The van der Waals surface area contributed by atoms with Crippen LogP contribution in [-0.4, -0.2) is 34.3 Å².